The van der Waals surface area contributed by atoms with E-state index in [1.807, 2.05) is 24.5 Å². The molecule has 1 aromatic carbocycles. The summed E-state index contributed by atoms with van der Waals surface area (Å²) < 4.78 is 1.80. The van der Waals surface area contributed by atoms with Gasteiger partial charge >= 0.3 is 0 Å². The lowest BCUT2D eigenvalue weighted by atomic mass is 10.1. The largest absolute Gasteiger partial charge is 0.313 e. The zero-order chi connectivity index (χ0) is 13.1. The minimum Gasteiger partial charge on any atom is -0.313 e. The first-order valence-electron chi connectivity index (χ1n) is 6.47. The van der Waals surface area contributed by atoms with E-state index in [0.29, 0.717) is 0 Å². The molecule has 96 valence electrons. The number of nitrogens with zero attached hydrogens (tertiary/aromatic N) is 3. The van der Waals surface area contributed by atoms with Gasteiger partial charge in [-0.15, -0.1) is 0 Å². The van der Waals surface area contributed by atoms with Gasteiger partial charge < -0.3 is 5.32 Å². The number of hydrogen-bond donors (Lipinski definition) is 1. The van der Waals surface area contributed by atoms with Gasteiger partial charge in [-0.2, -0.15) is 5.10 Å². The van der Waals surface area contributed by atoms with E-state index >= 15 is 0 Å². The van der Waals surface area contributed by atoms with Crippen molar-refractivity contribution in [2.75, 3.05) is 6.54 Å². The van der Waals surface area contributed by atoms with E-state index in [0.717, 1.165) is 24.3 Å². The first-order valence-corrected chi connectivity index (χ1v) is 6.47. The molecule has 0 radical (unpaired) electrons. The molecule has 0 aliphatic carbocycles. The summed E-state index contributed by atoms with van der Waals surface area (Å²) in [7, 11) is 0. The van der Waals surface area contributed by atoms with E-state index in [1.54, 1.807) is 10.9 Å². The Balaban J connectivity index is 2.16. The molecule has 1 N–H and O–H groups in total. The molecule has 0 unspecified atom stereocenters. The van der Waals surface area contributed by atoms with Gasteiger partial charge in [-0.1, -0.05) is 31.2 Å². The number of aromatic nitrogens is 3. The summed E-state index contributed by atoms with van der Waals surface area (Å²) in [5.41, 5.74) is 1.22. The van der Waals surface area contributed by atoms with E-state index in [2.05, 4.69) is 40.5 Å². The van der Waals surface area contributed by atoms with Gasteiger partial charge in [0.05, 0.1) is 0 Å². The van der Waals surface area contributed by atoms with Crippen molar-refractivity contribution in [2.24, 2.45) is 0 Å². The Bertz CT molecular complexity index is 674. The van der Waals surface area contributed by atoms with Gasteiger partial charge in [0, 0.05) is 30.5 Å². The molecule has 0 aliphatic rings. The van der Waals surface area contributed by atoms with Gasteiger partial charge in [0.2, 0.25) is 0 Å². The maximum Gasteiger partial charge on any atom is 0.161 e. The van der Waals surface area contributed by atoms with E-state index in [-0.39, 0.29) is 0 Å². The normalized spacial score (nSPS) is 11.0. The molecule has 2 aromatic heterocycles. The second kappa shape index (κ2) is 5.20. The Kier molecular flexibility index (Phi) is 3.25. The highest BCUT2D eigenvalue weighted by Gasteiger charge is 2.08. The van der Waals surface area contributed by atoms with Crippen molar-refractivity contribution in [3.63, 3.8) is 0 Å². The summed E-state index contributed by atoms with van der Waals surface area (Å²) in [6, 6.07) is 10.2. The van der Waals surface area contributed by atoms with Crippen LogP contribution < -0.4 is 5.32 Å². The minimum atomic E-state index is 0.837. The quantitative estimate of drug-likeness (QED) is 0.776. The smallest absolute Gasteiger partial charge is 0.161 e. The predicted octanol–water partition coefficient (Wildman–Crippen LogP) is 2.53. The number of rotatable bonds is 4. The van der Waals surface area contributed by atoms with Crippen molar-refractivity contribution in [1.82, 2.24) is 20.1 Å². The summed E-state index contributed by atoms with van der Waals surface area (Å²) in [6.07, 6.45) is 5.61. The predicted molar refractivity (Wildman–Crippen MR) is 76.2 cm³/mol. The van der Waals surface area contributed by atoms with Crippen LogP contribution in [0, 0.1) is 0 Å². The van der Waals surface area contributed by atoms with Gasteiger partial charge in [0.1, 0.15) is 0 Å². The number of pyridine rings is 1. The Morgan fingerprint density at radius 3 is 2.74 bits per heavy atom. The minimum absolute atomic E-state index is 0.837. The summed E-state index contributed by atoms with van der Waals surface area (Å²) >= 11 is 0. The lowest BCUT2D eigenvalue weighted by molar-refractivity contribution is 0.727. The highest BCUT2D eigenvalue weighted by molar-refractivity contribution is 5.90. The average Bonchev–Trinajstić information content (AvgIpc) is 2.98. The third-order valence-electron chi connectivity index (χ3n) is 3.14. The number of nitrogens with one attached hydrogen (secondary N) is 1. The van der Waals surface area contributed by atoms with Crippen LogP contribution >= 0.6 is 0 Å². The first-order chi connectivity index (χ1) is 9.40. The topological polar surface area (TPSA) is 42.7 Å². The highest BCUT2D eigenvalue weighted by Crippen LogP contribution is 2.23. The Morgan fingerprint density at radius 2 is 2.00 bits per heavy atom. The molecular formula is C15H16N4. The molecular weight excluding hydrogens is 236 g/mol. The molecule has 0 amide bonds. The molecule has 0 atom stereocenters. The fourth-order valence-corrected chi connectivity index (χ4v) is 2.21. The van der Waals surface area contributed by atoms with Crippen molar-refractivity contribution >= 4 is 10.8 Å². The lowest BCUT2D eigenvalue weighted by Gasteiger charge is -2.10. The maximum absolute atomic E-state index is 4.56. The van der Waals surface area contributed by atoms with Crippen LogP contribution in [-0.4, -0.2) is 21.3 Å². The molecule has 0 aliphatic heterocycles. The van der Waals surface area contributed by atoms with Crippen molar-refractivity contribution in [3.05, 3.63) is 54.5 Å². The number of fused-ring (bicyclic) bond motifs is 1. The standard InChI is InChI=1S/C15H16N4/c1-2-16-10-12-11-17-15(19-9-5-8-18-19)14-7-4-3-6-13(12)14/h3-9,11,16H,2,10H2,1H3. The Labute approximate surface area is 112 Å². The van der Waals surface area contributed by atoms with Crippen LogP contribution in [-0.2, 0) is 6.54 Å². The molecule has 4 heteroatoms. The molecule has 0 saturated heterocycles. The highest BCUT2D eigenvalue weighted by atomic mass is 15.3. The van der Waals surface area contributed by atoms with E-state index in [4.69, 9.17) is 0 Å². The SMILES string of the molecule is CCNCc1cnc(-n2cccn2)c2ccccc12. The molecule has 2 heterocycles. The van der Waals surface area contributed by atoms with Crippen LogP contribution in [0.4, 0.5) is 0 Å². The first kappa shape index (κ1) is 11.9. The van der Waals surface area contributed by atoms with E-state index < -0.39 is 0 Å². The van der Waals surface area contributed by atoms with Crippen LogP contribution in [0.15, 0.2) is 48.9 Å². The van der Waals surface area contributed by atoms with Crippen LogP contribution in [0.5, 0.6) is 0 Å². The molecule has 0 saturated carbocycles. The molecule has 0 spiro atoms. The molecule has 0 fully saturated rings. The maximum atomic E-state index is 4.56. The van der Waals surface area contributed by atoms with Gasteiger partial charge in [0.25, 0.3) is 0 Å². The third kappa shape index (κ3) is 2.22. The zero-order valence-corrected chi connectivity index (χ0v) is 10.9. The third-order valence-corrected chi connectivity index (χ3v) is 3.14. The molecule has 0 bridgehead atoms. The van der Waals surface area contributed by atoms with Crippen LogP contribution in [0.3, 0.4) is 0 Å². The summed E-state index contributed by atoms with van der Waals surface area (Å²) in [5.74, 6) is 0.876. The van der Waals surface area contributed by atoms with Crippen LogP contribution in [0.2, 0.25) is 0 Å². The summed E-state index contributed by atoms with van der Waals surface area (Å²) in [4.78, 5) is 4.56. The second-order valence-corrected chi connectivity index (χ2v) is 4.38. The van der Waals surface area contributed by atoms with Gasteiger partial charge in [0.15, 0.2) is 5.82 Å². The van der Waals surface area contributed by atoms with Crippen molar-refractivity contribution in [2.45, 2.75) is 13.5 Å². The van der Waals surface area contributed by atoms with E-state index in [9.17, 15) is 0 Å². The summed E-state index contributed by atoms with van der Waals surface area (Å²) in [5, 5.41) is 9.97. The van der Waals surface area contributed by atoms with Crippen molar-refractivity contribution < 1.29 is 0 Å². The fraction of sp³-hybridized carbons (Fsp3) is 0.200. The number of benzene rings is 1. The Hall–Kier alpha value is -2.20. The van der Waals surface area contributed by atoms with Crippen molar-refractivity contribution in [1.29, 1.82) is 0 Å². The molecule has 3 rings (SSSR count). The van der Waals surface area contributed by atoms with Gasteiger partial charge in [-0.3, -0.25) is 0 Å². The van der Waals surface area contributed by atoms with Crippen LogP contribution in [0.1, 0.15) is 12.5 Å². The monoisotopic (exact) mass is 252 g/mol. The van der Waals surface area contributed by atoms with Gasteiger partial charge in [-0.05, 0) is 23.6 Å². The summed E-state index contributed by atoms with van der Waals surface area (Å²) in [6.45, 7) is 3.90. The fourth-order valence-electron chi connectivity index (χ4n) is 2.21. The zero-order valence-electron chi connectivity index (χ0n) is 10.9. The molecule has 3 aromatic rings. The van der Waals surface area contributed by atoms with Crippen molar-refractivity contribution in [3.8, 4) is 5.82 Å². The van der Waals surface area contributed by atoms with E-state index in [1.165, 1.54) is 10.9 Å². The molecule has 4 nitrogen and oxygen atoms in total. The second-order valence-electron chi connectivity index (χ2n) is 4.38. The average molecular weight is 252 g/mol. The lowest BCUT2D eigenvalue weighted by Crippen LogP contribution is -2.13. The molecule has 19 heavy (non-hydrogen) atoms. The Morgan fingerprint density at radius 1 is 1.16 bits per heavy atom. The number of hydrogen-bond acceptors (Lipinski definition) is 3. The van der Waals surface area contributed by atoms with Crippen LogP contribution in [0.25, 0.3) is 16.6 Å². The van der Waals surface area contributed by atoms with Gasteiger partial charge in [-0.25, -0.2) is 9.67 Å².